The van der Waals surface area contributed by atoms with Gasteiger partial charge in [-0.3, -0.25) is 0 Å². The molecule has 12 rings (SSSR count). The third-order valence-corrected chi connectivity index (χ3v) is 12.7. The zero-order valence-electron chi connectivity index (χ0n) is 31.2. The van der Waals surface area contributed by atoms with Gasteiger partial charge >= 0.3 is 0 Å². The maximum Gasteiger partial charge on any atom is 0.136 e. The highest BCUT2D eigenvalue weighted by Gasteiger charge is 2.37. The number of hydrogen-bond donors (Lipinski definition) is 0. The zero-order valence-corrected chi connectivity index (χ0v) is 31.2. The van der Waals surface area contributed by atoms with Crippen LogP contribution in [-0.4, -0.2) is 0 Å². The lowest BCUT2D eigenvalue weighted by atomic mass is 9.80. The summed E-state index contributed by atoms with van der Waals surface area (Å²) in [6.45, 7) is 4.76. The molecule has 0 unspecified atom stereocenters. The van der Waals surface area contributed by atoms with Crippen molar-refractivity contribution in [2.24, 2.45) is 0 Å². The first-order valence-electron chi connectivity index (χ1n) is 19.6. The summed E-state index contributed by atoms with van der Waals surface area (Å²) in [7, 11) is 0. The van der Waals surface area contributed by atoms with Crippen molar-refractivity contribution in [3.8, 4) is 44.5 Å². The first-order chi connectivity index (χ1) is 27.5. The third-order valence-electron chi connectivity index (χ3n) is 12.7. The van der Waals surface area contributed by atoms with E-state index in [1.165, 1.54) is 109 Å². The SMILES string of the molecule is CC1(C)c2cc(-c3ccc(-c4c5ccccc5c(-c5ccccc5)c5ccccc45)c4ccccc34)ccc2-c2cc3oc4ccc5ccccc5c4c3cc21. The molecule has 1 heterocycles. The molecule has 0 radical (unpaired) electrons. The van der Waals surface area contributed by atoms with Gasteiger partial charge in [0.2, 0.25) is 0 Å². The first-order valence-corrected chi connectivity index (χ1v) is 19.6. The zero-order chi connectivity index (χ0) is 37.1. The highest BCUT2D eigenvalue weighted by molar-refractivity contribution is 6.24. The summed E-state index contributed by atoms with van der Waals surface area (Å²) in [5.41, 5.74) is 14.5. The van der Waals surface area contributed by atoms with Gasteiger partial charge in [0.15, 0.2) is 0 Å². The van der Waals surface area contributed by atoms with E-state index >= 15 is 0 Å². The third kappa shape index (κ3) is 4.31. The molecule has 1 aromatic heterocycles. The van der Waals surface area contributed by atoms with Crippen LogP contribution in [0.15, 0.2) is 186 Å². The average Bonchev–Trinajstić information content (AvgIpc) is 3.73. The van der Waals surface area contributed by atoms with Crippen molar-refractivity contribution >= 4 is 65.0 Å². The molecule has 11 aromatic rings. The van der Waals surface area contributed by atoms with Gasteiger partial charge < -0.3 is 4.42 Å². The monoisotopic (exact) mass is 712 g/mol. The van der Waals surface area contributed by atoms with Crippen LogP contribution in [0.25, 0.3) is 110 Å². The Labute approximate surface area is 325 Å². The molecule has 0 aliphatic heterocycles. The smallest absolute Gasteiger partial charge is 0.136 e. The van der Waals surface area contributed by atoms with Gasteiger partial charge in [-0.2, -0.15) is 0 Å². The molecule has 1 nitrogen and oxygen atoms in total. The van der Waals surface area contributed by atoms with Crippen LogP contribution in [-0.2, 0) is 5.41 Å². The fourth-order valence-corrected chi connectivity index (χ4v) is 10.0. The van der Waals surface area contributed by atoms with Crippen molar-refractivity contribution in [1.29, 1.82) is 0 Å². The Morgan fingerprint density at radius 1 is 0.339 bits per heavy atom. The molecule has 0 amide bonds. The molecule has 0 saturated carbocycles. The van der Waals surface area contributed by atoms with Crippen LogP contribution in [0.2, 0.25) is 0 Å². The largest absolute Gasteiger partial charge is 0.456 e. The number of hydrogen-bond acceptors (Lipinski definition) is 1. The molecular weight excluding hydrogens is 677 g/mol. The fraction of sp³-hybridized carbons (Fsp3) is 0.0545. The van der Waals surface area contributed by atoms with Gasteiger partial charge in [0, 0.05) is 16.2 Å². The lowest BCUT2D eigenvalue weighted by molar-refractivity contribution is 0.658. The minimum absolute atomic E-state index is 0.183. The highest BCUT2D eigenvalue weighted by atomic mass is 16.3. The predicted molar refractivity (Wildman–Crippen MR) is 238 cm³/mol. The molecule has 0 fully saturated rings. The molecule has 0 saturated heterocycles. The highest BCUT2D eigenvalue weighted by Crippen LogP contribution is 2.53. The van der Waals surface area contributed by atoms with Gasteiger partial charge in [-0.15, -0.1) is 0 Å². The predicted octanol–water partition coefficient (Wildman–Crippen LogP) is 15.5. The second-order valence-electron chi connectivity index (χ2n) is 16.0. The second kappa shape index (κ2) is 11.5. The Morgan fingerprint density at radius 2 is 0.893 bits per heavy atom. The fourth-order valence-electron chi connectivity index (χ4n) is 10.0. The maximum atomic E-state index is 6.54. The Bertz CT molecular complexity index is 3380. The Balaban J connectivity index is 1.04. The van der Waals surface area contributed by atoms with E-state index < -0.39 is 0 Å². The van der Waals surface area contributed by atoms with Gasteiger partial charge in [-0.05, 0) is 123 Å². The van der Waals surface area contributed by atoms with Crippen molar-refractivity contribution in [1.82, 2.24) is 0 Å². The molecule has 10 aromatic carbocycles. The van der Waals surface area contributed by atoms with Crippen molar-refractivity contribution in [3.05, 3.63) is 193 Å². The topological polar surface area (TPSA) is 13.1 Å². The number of rotatable bonds is 3. The molecule has 0 atom stereocenters. The summed E-state index contributed by atoms with van der Waals surface area (Å²) in [5, 5.41) is 12.5. The quantitative estimate of drug-likeness (QED) is 0.166. The molecule has 1 aliphatic carbocycles. The average molecular weight is 713 g/mol. The van der Waals surface area contributed by atoms with Gasteiger partial charge in [0.25, 0.3) is 0 Å². The van der Waals surface area contributed by atoms with Crippen LogP contribution in [0.5, 0.6) is 0 Å². The van der Waals surface area contributed by atoms with E-state index in [0.717, 1.165) is 11.2 Å². The maximum absolute atomic E-state index is 6.54. The summed E-state index contributed by atoms with van der Waals surface area (Å²) < 4.78 is 6.54. The Morgan fingerprint density at radius 3 is 1.61 bits per heavy atom. The van der Waals surface area contributed by atoms with Crippen LogP contribution >= 0.6 is 0 Å². The Hall–Kier alpha value is -6.96. The summed E-state index contributed by atoms with van der Waals surface area (Å²) in [5.74, 6) is 0. The van der Waals surface area contributed by atoms with Gasteiger partial charge in [-0.25, -0.2) is 0 Å². The summed E-state index contributed by atoms with van der Waals surface area (Å²) in [4.78, 5) is 0. The van der Waals surface area contributed by atoms with Crippen molar-refractivity contribution in [2.45, 2.75) is 19.3 Å². The van der Waals surface area contributed by atoms with Crippen molar-refractivity contribution in [3.63, 3.8) is 0 Å². The molecular formula is C55H36O. The Kier molecular flexibility index (Phi) is 6.46. The molecule has 0 bridgehead atoms. The minimum Gasteiger partial charge on any atom is -0.456 e. The van der Waals surface area contributed by atoms with Crippen LogP contribution in [0.1, 0.15) is 25.0 Å². The standard InChI is InChI=1S/C55H36O/c1-55(2)48-30-35(24-26-40(48)46-32-51-47(31-49(46)55)54-37-17-7-6-14-33(37)25-29-50(54)56-51)36-27-28-45(39-19-9-8-18-38(36)39)53-43-22-12-10-20-41(43)52(34-15-4-3-5-16-34)42-21-11-13-23-44(42)53/h3-32H,1-2H3. The van der Waals surface area contributed by atoms with Gasteiger partial charge in [-0.1, -0.05) is 172 Å². The molecule has 1 aliphatic rings. The van der Waals surface area contributed by atoms with E-state index in [2.05, 4.69) is 196 Å². The van der Waals surface area contributed by atoms with E-state index in [-0.39, 0.29) is 5.41 Å². The van der Waals surface area contributed by atoms with E-state index in [1.807, 2.05) is 0 Å². The van der Waals surface area contributed by atoms with Crippen molar-refractivity contribution < 1.29 is 4.42 Å². The summed E-state index contributed by atoms with van der Waals surface area (Å²) >= 11 is 0. The number of furan rings is 1. The normalized spacial score (nSPS) is 13.3. The molecule has 0 N–H and O–H groups in total. The van der Waals surface area contributed by atoms with Crippen molar-refractivity contribution in [2.75, 3.05) is 0 Å². The minimum atomic E-state index is -0.183. The van der Waals surface area contributed by atoms with Crippen LogP contribution in [0, 0.1) is 0 Å². The van der Waals surface area contributed by atoms with E-state index in [1.54, 1.807) is 0 Å². The summed E-state index contributed by atoms with van der Waals surface area (Å²) in [6, 6.07) is 67.1. The molecule has 56 heavy (non-hydrogen) atoms. The van der Waals surface area contributed by atoms with E-state index in [9.17, 15) is 0 Å². The molecule has 0 spiro atoms. The van der Waals surface area contributed by atoms with E-state index in [4.69, 9.17) is 4.42 Å². The summed E-state index contributed by atoms with van der Waals surface area (Å²) in [6.07, 6.45) is 0. The second-order valence-corrected chi connectivity index (χ2v) is 16.0. The lowest BCUT2D eigenvalue weighted by Crippen LogP contribution is -2.15. The van der Waals surface area contributed by atoms with Gasteiger partial charge in [0.05, 0.1) is 0 Å². The molecule has 1 heteroatoms. The lowest BCUT2D eigenvalue weighted by Gasteiger charge is -2.22. The van der Waals surface area contributed by atoms with E-state index in [0.29, 0.717) is 0 Å². The van der Waals surface area contributed by atoms with Gasteiger partial charge in [0.1, 0.15) is 11.2 Å². The van der Waals surface area contributed by atoms with Crippen LogP contribution in [0.3, 0.4) is 0 Å². The number of benzene rings is 10. The molecule has 262 valence electrons. The van der Waals surface area contributed by atoms with Crippen LogP contribution < -0.4 is 0 Å². The first kappa shape index (κ1) is 31.4. The van der Waals surface area contributed by atoms with Crippen LogP contribution in [0.4, 0.5) is 0 Å². The number of fused-ring (bicyclic) bond motifs is 11.